The average molecular weight is 280 g/mol. The number of nitrogens with two attached hydrogens (primary N) is 1. The highest BCUT2D eigenvalue weighted by molar-refractivity contribution is 7.12. The Hall–Kier alpha value is -0.680. The molecule has 2 aromatic heterocycles. The number of hydrazine groups is 1. The van der Waals surface area contributed by atoms with E-state index in [1.165, 1.54) is 20.2 Å². The first kappa shape index (κ1) is 13.7. The van der Waals surface area contributed by atoms with E-state index in [2.05, 4.69) is 42.9 Å². The van der Waals surface area contributed by atoms with Crippen molar-refractivity contribution in [3.05, 3.63) is 43.8 Å². The molecule has 1 atom stereocenters. The molecule has 18 heavy (non-hydrogen) atoms. The normalized spacial score (nSPS) is 12.8. The molecular weight excluding hydrogens is 260 g/mol. The summed E-state index contributed by atoms with van der Waals surface area (Å²) in [6, 6.07) is 6.90. The number of hydrogen-bond acceptors (Lipinski definition) is 4. The Labute approximate surface area is 117 Å². The maximum atomic E-state index is 5.74. The van der Waals surface area contributed by atoms with E-state index >= 15 is 0 Å². The van der Waals surface area contributed by atoms with Gasteiger partial charge >= 0.3 is 0 Å². The van der Waals surface area contributed by atoms with Crippen LogP contribution in [0.4, 0.5) is 0 Å². The fraction of sp³-hybridized carbons (Fsp3) is 0.429. The lowest BCUT2D eigenvalue weighted by Gasteiger charge is -2.15. The third-order valence-electron chi connectivity index (χ3n) is 3.15. The summed E-state index contributed by atoms with van der Waals surface area (Å²) in [6.07, 6.45) is 3.17. The molecule has 1 unspecified atom stereocenters. The van der Waals surface area contributed by atoms with E-state index in [1.54, 1.807) is 11.3 Å². The van der Waals surface area contributed by atoms with Gasteiger partial charge in [0, 0.05) is 21.1 Å². The summed E-state index contributed by atoms with van der Waals surface area (Å²) in [5.41, 5.74) is 4.38. The molecule has 0 aliphatic carbocycles. The lowest BCUT2D eigenvalue weighted by Crippen LogP contribution is -2.29. The number of rotatable bonds is 6. The maximum absolute atomic E-state index is 5.74. The van der Waals surface area contributed by atoms with E-state index < -0.39 is 0 Å². The Morgan fingerprint density at radius 3 is 2.56 bits per heavy atom. The van der Waals surface area contributed by atoms with Crippen molar-refractivity contribution in [2.24, 2.45) is 5.84 Å². The van der Waals surface area contributed by atoms with Gasteiger partial charge in [0.2, 0.25) is 0 Å². The number of hydrogen-bond donors (Lipinski definition) is 2. The van der Waals surface area contributed by atoms with Gasteiger partial charge in [-0.15, -0.1) is 22.7 Å². The molecular formula is C14H20N2S2. The summed E-state index contributed by atoms with van der Waals surface area (Å²) in [4.78, 5) is 4.24. The minimum atomic E-state index is 0.239. The van der Waals surface area contributed by atoms with E-state index in [9.17, 15) is 0 Å². The van der Waals surface area contributed by atoms with Crippen molar-refractivity contribution in [1.29, 1.82) is 0 Å². The second-order valence-electron chi connectivity index (χ2n) is 4.31. The summed E-state index contributed by atoms with van der Waals surface area (Å²) in [7, 11) is 0. The number of nitrogens with one attached hydrogen (secondary N) is 1. The third kappa shape index (κ3) is 3.01. The predicted octanol–water partition coefficient (Wildman–Crippen LogP) is 3.68. The van der Waals surface area contributed by atoms with E-state index in [4.69, 9.17) is 5.84 Å². The second kappa shape index (κ2) is 6.48. The van der Waals surface area contributed by atoms with E-state index in [-0.39, 0.29) is 6.04 Å². The Morgan fingerprint density at radius 2 is 1.94 bits per heavy atom. The van der Waals surface area contributed by atoms with Crippen LogP contribution in [0.1, 0.15) is 40.1 Å². The van der Waals surface area contributed by atoms with Crippen LogP contribution in [0.2, 0.25) is 0 Å². The molecule has 0 radical (unpaired) electrons. The van der Waals surface area contributed by atoms with Gasteiger partial charge < -0.3 is 0 Å². The lowest BCUT2D eigenvalue weighted by molar-refractivity contribution is 0.561. The summed E-state index contributed by atoms with van der Waals surface area (Å²) in [6.45, 7) is 4.39. The monoisotopic (exact) mass is 280 g/mol. The molecule has 2 aromatic rings. The van der Waals surface area contributed by atoms with Gasteiger partial charge in [-0.25, -0.2) is 0 Å². The standard InChI is InChI=1S/C14H20N2S2/c1-3-10-7-8-17-14(10)13(16-15)9-12-6-5-11(4-2)18-12/h5-8,13,16H,3-4,9,15H2,1-2H3. The number of aryl methyl sites for hydroxylation is 2. The van der Waals surface area contributed by atoms with Crippen LogP contribution in [-0.2, 0) is 19.3 Å². The van der Waals surface area contributed by atoms with Gasteiger partial charge in [-0.1, -0.05) is 13.8 Å². The van der Waals surface area contributed by atoms with Crippen molar-refractivity contribution >= 4 is 22.7 Å². The maximum Gasteiger partial charge on any atom is 0.0604 e. The summed E-state index contributed by atoms with van der Waals surface area (Å²) in [5.74, 6) is 5.74. The molecule has 0 aromatic carbocycles. The molecule has 0 saturated heterocycles. The second-order valence-corrected chi connectivity index (χ2v) is 6.51. The van der Waals surface area contributed by atoms with Gasteiger partial charge in [0.1, 0.15) is 0 Å². The van der Waals surface area contributed by atoms with Crippen molar-refractivity contribution in [3.8, 4) is 0 Å². The molecule has 0 fully saturated rings. The first-order valence-electron chi connectivity index (χ1n) is 6.38. The molecule has 0 aliphatic heterocycles. The van der Waals surface area contributed by atoms with Crippen LogP contribution < -0.4 is 11.3 Å². The molecule has 0 amide bonds. The summed E-state index contributed by atoms with van der Waals surface area (Å²) in [5, 5.41) is 2.16. The molecule has 0 aliphatic rings. The molecule has 4 heteroatoms. The molecule has 3 N–H and O–H groups in total. The van der Waals surface area contributed by atoms with Gasteiger partial charge in [-0.3, -0.25) is 11.3 Å². The Morgan fingerprint density at radius 1 is 1.17 bits per heavy atom. The highest BCUT2D eigenvalue weighted by Crippen LogP contribution is 2.29. The topological polar surface area (TPSA) is 38.0 Å². The van der Waals surface area contributed by atoms with Gasteiger partial charge in [0.15, 0.2) is 0 Å². The van der Waals surface area contributed by atoms with Crippen LogP contribution in [0.15, 0.2) is 23.6 Å². The van der Waals surface area contributed by atoms with E-state index in [1.807, 2.05) is 11.3 Å². The van der Waals surface area contributed by atoms with Crippen LogP contribution in [0.5, 0.6) is 0 Å². The summed E-state index contributed by atoms with van der Waals surface area (Å²) < 4.78 is 0. The SMILES string of the molecule is CCc1ccc(CC(NN)c2sccc2CC)s1. The Kier molecular flexibility index (Phi) is 4.95. The van der Waals surface area contributed by atoms with Crippen molar-refractivity contribution in [1.82, 2.24) is 5.43 Å². The average Bonchev–Trinajstić information content (AvgIpc) is 3.04. The number of thiophene rings is 2. The van der Waals surface area contributed by atoms with Crippen molar-refractivity contribution in [2.45, 2.75) is 39.2 Å². The van der Waals surface area contributed by atoms with Gasteiger partial charge in [0.25, 0.3) is 0 Å². The van der Waals surface area contributed by atoms with Gasteiger partial charge in [-0.2, -0.15) is 0 Å². The van der Waals surface area contributed by atoms with Crippen LogP contribution in [0.25, 0.3) is 0 Å². The smallest absolute Gasteiger partial charge is 0.0604 e. The Bertz CT molecular complexity index is 487. The molecule has 0 bridgehead atoms. The van der Waals surface area contributed by atoms with E-state index in [0.717, 1.165) is 19.3 Å². The zero-order valence-corrected chi connectivity index (χ0v) is 12.5. The zero-order chi connectivity index (χ0) is 13.0. The largest absolute Gasteiger partial charge is 0.271 e. The van der Waals surface area contributed by atoms with E-state index in [0.29, 0.717) is 0 Å². The molecule has 2 nitrogen and oxygen atoms in total. The van der Waals surface area contributed by atoms with Crippen molar-refractivity contribution < 1.29 is 0 Å². The van der Waals surface area contributed by atoms with Crippen LogP contribution in [0, 0.1) is 0 Å². The quantitative estimate of drug-likeness (QED) is 0.626. The first-order valence-corrected chi connectivity index (χ1v) is 8.08. The molecule has 98 valence electrons. The lowest BCUT2D eigenvalue weighted by atomic mass is 10.1. The highest BCUT2D eigenvalue weighted by Gasteiger charge is 2.16. The van der Waals surface area contributed by atoms with Gasteiger partial charge in [-0.05, 0) is 42.0 Å². The van der Waals surface area contributed by atoms with Crippen LogP contribution >= 0.6 is 22.7 Å². The fourth-order valence-corrected chi connectivity index (χ4v) is 4.16. The highest BCUT2D eigenvalue weighted by atomic mass is 32.1. The molecule has 2 heterocycles. The van der Waals surface area contributed by atoms with Crippen molar-refractivity contribution in [2.75, 3.05) is 0 Å². The zero-order valence-electron chi connectivity index (χ0n) is 10.9. The van der Waals surface area contributed by atoms with Crippen LogP contribution in [-0.4, -0.2) is 0 Å². The minimum absolute atomic E-state index is 0.239. The third-order valence-corrected chi connectivity index (χ3v) is 5.48. The minimum Gasteiger partial charge on any atom is -0.271 e. The predicted molar refractivity (Wildman–Crippen MR) is 81.2 cm³/mol. The molecule has 0 spiro atoms. The first-order chi connectivity index (χ1) is 8.78. The Balaban J connectivity index is 2.14. The summed E-state index contributed by atoms with van der Waals surface area (Å²) >= 11 is 3.70. The van der Waals surface area contributed by atoms with Gasteiger partial charge in [0.05, 0.1) is 6.04 Å². The van der Waals surface area contributed by atoms with Crippen molar-refractivity contribution in [3.63, 3.8) is 0 Å². The fourth-order valence-electron chi connectivity index (χ4n) is 2.10. The van der Waals surface area contributed by atoms with Crippen LogP contribution in [0.3, 0.4) is 0 Å². The molecule has 2 rings (SSSR count). The molecule has 0 saturated carbocycles.